The number of benzene rings is 1. The van der Waals surface area contributed by atoms with Crippen molar-refractivity contribution in [3.63, 3.8) is 0 Å². The van der Waals surface area contributed by atoms with E-state index < -0.39 is 0 Å². The summed E-state index contributed by atoms with van der Waals surface area (Å²) in [6.07, 6.45) is 2.18. The number of guanidine groups is 1. The van der Waals surface area contributed by atoms with Crippen LogP contribution >= 0.6 is 35.6 Å². The average Bonchev–Trinajstić information content (AvgIpc) is 3.18. The van der Waals surface area contributed by atoms with Crippen LogP contribution in [0.5, 0.6) is 0 Å². The van der Waals surface area contributed by atoms with Gasteiger partial charge < -0.3 is 15.2 Å². The maximum Gasteiger partial charge on any atom is 0.191 e. The summed E-state index contributed by atoms with van der Waals surface area (Å²) >= 11 is 5.97. The lowest BCUT2D eigenvalue weighted by Crippen LogP contribution is -2.48. The Morgan fingerprint density at radius 3 is 2.55 bits per heavy atom. The van der Waals surface area contributed by atoms with Crippen LogP contribution in [0.2, 0.25) is 5.02 Å². The lowest BCUT2D eigenvalue weighted by atomic mass is 10.0. The van der Waals surface area contributed by atoms with Gasteiger partial charge in [-0.2, -0.15) is 0 Å². The van der Waals surface area contributed by atoms with Crippen molar-refractivity contribution in [3.8, 4) is 0 Å². The Labute approximate surface area is 195 Å². The van der Waals surface area contributed by atoms with E-state index in [1.807, 2.05) is 18.2 Å². The third-order valence-electron chi connectivity index (χ3n) is 5.07. The molecule has 2 heterocycles. The van der Waals surface area contributed by atoms with E-state index in [1.54, 1.807) is 7.05 Å². The second-order valence-electron chi connectivity index (χ2n) is 7.62. The van der Waals surface area contributed by atoms with Gasteiger partial charge in [0.05, 0.1) is 12.2 Å². The van der Waals surface area contributed by atoms with Crippen LogP contribution in [0.3, 0.4) is 0 Å². The first kappa shape index (κ1) is 24.0. The molecule has 1 aromatic heterocycles. The zero-order chi connectivity index (χ0) is 19.9. The standard InChI is InChI=1S/C21H30ClN5O.HI/c1-15(2)20-12-19(28-26-20)13-24-21(23-3)25-18-8-10-27(11-9-18)14-16-4-6-17(22)7-5-16;/h4-7,12,15,18H,8-11,13-14H2,1-3H3,(H2,23,24,25);1H. The molecule has 2 aromatic rings. The van der Waals surface area contributed by atoms with Gasteiger partial charge in [-0.25, -0.2) is 0 Å². The molecule has 1 aliphatic heterocycles. The van der Waals surface area contributed by atoms with Crippen LogP contribution in [0.15, 0.2) is 39.8 Å². The fourth-order valence-electron chi connectivity index (χ4n) is 3.33. The van der Waals surface area contributed by atoms with Gasteiger partial charge in [0.1, 0.15) is 0 Å². The molecule has 0 amide bonds. The number of likely N-dealkylation sites (tertiary alicyclic amines) is 1. The van der Waals surface area contributed by atoms with Crippen molar-refractivity contribution in [2.24, 2.45) is 4.99 Å². The molecule has 0 saturated carbocycles. The highest BCUT2D eigenvalue weighted by Gasteiger charge is 2.20. The highest BCUT2D eigenvalue weighted by atomic mass is 127. The van der Waals surface area contributed by atoms with Crippen molar-refractivity contribution in [1.82, 2.24) is 20.7 Å². The third-order valence-corrected chi connectivity index (χ3v) is 5.32. The first-order valence-corrected chi connectivity index (χ1v) is 10.3. The van der Waals surface area contributed by atoms with Crippen molar-refractivity contribution in [2.75, 3.05) is 20.1 Å². The molecule has 0 aliphatic carbocycles. The van der Waals surface area contributed by atoms with E-state index in [1.165, 1.54) is 5.56 Å². The molecule has 2 N–H and O–H groups in total. The molecule has 0 spiro atoms. The zero-order valence-electron chi connectivity index (χ0n) is 17.3. The maximum absolute atomic E-state index is 5.97. The Morgan fingerprint density at radius 2 is 1.97 bits per heavy atom. The molecule has 3 rings (SSSR count). The number of nitrogens with zero attached hydrogens (tertiary/aromatic N) is 3. The molecule has 1 aliphatic rings. The Hall–Kier alpha value is -1.32. The molecule has 0 radical (unpaired) electrons. The third kappa shape index (κ3) is 7.46. The minimum atomic E-state index is 0. The maximum atomic E-state index is 5.97. The van der Waals surface area contributed by atoms with Crippen LogP contribution in [0.4, 0.5) is 0 Å². The molecular formula is C21H31ClIN5O. The number of piperidine rings is 1. The normalized spacial score (nSPS) is 16.0. The average molecular weight is 532 g/mol. The lowest BCUT2D eigenvalue weighted by Gasteiger charge is -2.33. The van der Waals surface area contributed by atoms with Crippen molar-refractivity contribution >= 4 is 41.5 Å². The lowest BCUT2D eigenvalue weighted by molar-refractivity contribution is 0.198. The molecule has 1 saturated heterocycles. The first-order valence-electron chi connectivity index (χ1n) is 9.93. The van der Waals surface area contributed by atoms with E-state index >= 15 is 0 Å². The Morgan fingerprint density at radius 1 is 1.28 bits per heavy atom. The summed E-state index contributed by atoms with van der Waals surface area (Å²) in [6.45, 7) is 7.90. The number of aromatic nitrogens is 1. The van der Waals surface area contributed by atoms with Gasteiger partial charge >= 0.3 is 0 Å². The van der Waals surface area contributed by atoms with E-state index in [0.29, 0.717) is 18.5 Å². The van der Waals surface area contributed by atoms with Crippen LogP contribution in [-0.4, -0.2) is 42.2 Å². The van der Waals surface area contributed by atoms with Crippen LogP contribution in [0.25, 0.3) is 0 Å². The number of rotatable bonds is 6. The minimum absolute atomic E-state index is 0. The van der Waals surface area contributed by atoms with E-state index in [0.717, 1.165) is 54.9 Å². The second-order valence-corrected chi connectivity index (χ2v) is 8.06. The molecular weight excluding hydrogens is 501 g/mol. The zero-order valence-corrected chi connectivity index (χ0v) is 20.4. The van der Waals surface area contributed by atoms with Crippen molar-refractivity contribution in [2.45, 2.75) is 51.7 Å². The molecule has 1 aromatic carbocycles. The largest absolute Gasteiger partial charge is 0.359 e. The Balaban J connectivity index is 0.00000300. The summed E-state index contributed by atoms with van der Waals surface area (Å²) < 4.78 is 5.38. The quantitative estimate of drug-likeness (QED) is 0.329. The molecule has 8 heteroatoms. The van der Waals surface area contributed by atoms with Gasteiger partial charge in [0, 0.05) is 43.8 Å². The predicted molar refractivity (Wildman–Crippen MR) is 129 cm³/mol. The number of hydrogen-bond donors (Lipinski definition) is 2. The van der Waals surface area contributed by atoms with Crippen LogP contribution in [0.1, 0.15) is 49.6 Å². The second kappa shape index (κ2) is 11.8. The minimum Gasteiger partial charge on any atom is -0.359 e. The van der Waals surface area contributed by atoms with E-state index in [2.05, 4.69) is 51.7 Å². The summed E-state index contributed by atoms with van der Waals surface area (Å²) in [7, 11) is 1.80. The van der Waals surface area contributed by atoms with Gasteiger partial charge in [-0.05, 0) is 36.5 Å². The van der Waals surface area contributed by atoms with Gasteiger partial charge in [-0.3, -0.25) is 9.89 Å². The monoisotopic (exact) mass is 531 g/mol. The number of halogens is 2. The summed E-state index contributed by atoms with van der Waals surface area (Å²) in [5.74, 6) is 2.00. The highest BCUT2D eigenvalue weighted by Crippen LogP contribution is 2.16. The fourth-order valence-corrected chi connectivity index (χ4v) is 3.45. The van der Waals surface area contributed by atoms with Gasteiger partial charge in [0.25, 0.3) is 0 Å². The smallest absolute Gasteiger partial charge is 0.191 e. The number of aliphatic imine (C=N–C) groups is 1. The summed E-state index contributed by atoms with van der Waals surface area (Å²) in [5.41, 5.74) is 2.29. The Kier molecular flexibility index (Phi) is 9.71. The number of hydrogen-bond acceptors (Lipinski definition) is 4. The first-order chi connectivity index (χ1) is 13.5. The van der Waals surface area contributed by atoms with Gasteiger partial charge in [-0.1, -0.05) is 42.7 Å². The van der Waals surface area contributed by atoms with E-state index in [4.69, 9.17) is 16.1 Å². The van der Waals surface area contributed by atoms with E-state index in [-0.39, 0.29) is 24.0 Å². The molecule has 0 atom stereocenters. The van der Waals surface area contributed by atoms with E-state index in [9.17, 15) is 0 Å². The van der Waals surface area contributed by atoms with Crippen LogP contribution in [-0.2, 0) is 13.1 Å². The van der Waals surface area contributed by atoms with Gasteiger partial charge in [-0.15, -0.1) is 24.0 Å². The Bertz CT molecular complexity index is 770. The van der Waals surface area contributed by atoms with Crippen LogP contribution < -0.4 is 10.6 Å². The van der Waals surface area contributed by atoms with Gasteiger partial charge in [0.2, 0.25) is 0 Å². The summed E-state index contributed by atoms with van der Waals surface area (Å²) in [6, 6.07) is 10.5. The van der Waals surface area contributed by atoms with Crippen LogP contribution in [0, 0.1) is 0 Å². The number of nitrogens with one attached hydrogen (secondary N) is 2. The fraction of sp³-hybridized carbons (Fsp3) is 0.524. The molecule has 1 fully saturated rings. The topological polar surface area (TPSA) is 65.7 Å². The molecule has 29 heavy (non-hydrogen) atoms. The van der Waals surface area contributed by atoms with Crippen molar-refractivity contribution in [3.05, 3.63) is 52.4 Å². The molecule has 160 valence electrons. The summed E-state index contributed by atoms with van der Waals surface area (Å²) in [5, 5.41) is 11.7. The predicted octanol–water partition coefficient (Wildman–Crippen LogP) is 4.40. The van der Waals surface area contributed by atoms with Gasteiger partial charge in [0.15, 0.2) is 11.7 Å². The van der Waals surface area contributed by atoms with Crippen molar-refractivity contribution < 1.29 is 4.52 Å². The SMILES string of the molecule is CN=C(NCc1cc(C(C)C)no1)NC1CCN(Cc2ccc(Cl)cc2)CC1.I. The summed E-state index contributed by atoms with van der Waals surface area (Å²) in [4.78, 5) is 6.83. The molecule has 0 unspecified atom stereocenters. The molecule has 0 bridgehead atoms. The highest BCUT2D eigenvalue weighted by molar-refractivity contribution is 14.0. The molecule has 6 nitrogen and oxygen atoms in total. The van der Waals surface area contributed by atoms with Crippen molar-refractivity contribution in [1.29, 1.82) is 0 Å².